The molecule has 6 heteroatoms. The summed E-state index contributed by atoms with van der Waals surface area (Å²) in [6, 6.07) is 20.0. The van der Waals surface area contributed by atoms with Crippen LogP contribution in [0.4, 0.5) is 0 Å². The number of fused-ring (bicyclic) bond motifs is 1. The van der Waals surface area contributed by atoms with E-state index in [-0.39, 0.29) is 11.6 Å². The van der Waals surface area contributed by atoms with E-state index in [9.17, 15) is 4.79 Å². The second-order valence-electron chi connectivity index (χ2n) is 8.16. The number of pyridine rings is 1. The molecular weight excluding hydrogens is 418 g/mol. The summed E-state index contributed by atoms with van der Waals surface area (Å²) in [7, 11) is 0. The van der Waals surface area contributed by atoms with Crippen LogP contribution in [0.15, 0.2) is 76.1 Å². The quantitative estimate of drug-likeness (QED) is 0.391. The number of aryl methyl sites for hydroxylation is 2. The maximum atomic E-state index is 12.9. The molecule has 164 valence electrons. The molecule has 0 unspecified atom stereocenters. The topological polar surface area (TPSA) is 61.3 Å². The van der Waals surface area contributed by atoms with Crippen molar-refractivity contribution in [2.24, 2.45) is 0 Å². The van der Waals surface area contributed by atoms with Gasteiger partial charge in [-0.2, -0.15) is 0 Å². The van der Waals surface area contributed by atoms with Gasteiger partial charge < -0.3 is 19.6 Å². The highest BCUT2D eigenvalue weighted by molar-refractivity contribution is 7.80. The number of aromatic nitrogens is 1. The number of aromatic amines is 1. The molecule has 0 aliphatic carbocycles. The van der Waals surface area contributed by atoms with Crippen LogP contribution in [0, 0.1) is 13.8 Å². The van der Waals surface area contributed by atoms with Gasteiger partial charge in [0, 0.05) is 11.1 Å². The number of hydrogen-bond acceptors (Lipinski definition) is 3. The highest BCUT2D eigenvalue weighted by Crippen LogP contribution is 2.19. The lowest BCUT2D eigenvalue weighted by atomic mass is 10.0. The maximum Gasteiger partial charge on any atom is 0.253 e. The summed E-state index contributed by atoms with van der Waals surface area (Å²) in [4.78, 5) is 17.9. The Morgan fingerprint density at radius 1 is 1.06 bits per heavy atom. The van der Waals surface area contributed by atoms with Crippen LogP contribution in [0.3, 0.4) is 0 Å². The van der Waals surface area contributed by atoms with E-state index in [1.165, 1.54) is 5.56 Å². The van der Waals surface area contributed by atoms with Crippen LogP contribution in [-0.4, -0.2) is 15.0 Å². The van der Waals surface area contributed by atoms with Crippen molar-refractivity contribution >= 4 is 28.2 Å². The minimum atomic E-state index is -0.107. The van der Waals surface area contributed by atoms with Gasteiger partial charge in [0.2, 0.25) is 0 Å². The molecule has 0 saturated carbocycles. The smallest absolute Gasteiger partial charge is 0.253 e. The molecule has 5 nitrogen and oxygen atoms in total. The lowest BCUT2D eigenvalue weighted by Crippen LogP contribution is -2.41. The van der Waals surface area contributed by atoms with Crippen LogP contribution in [0.2, 0.25) is 0 Å². The fourth-order valence-corrected chi connectivity index (χ4v) is 4.04. The summed E-state index contributed by atoms with van der Waals surface area (Å²) in [5.41, 5.74) is 4.88. The molecular formula is C26H27N3O2S. The summed E-state index contributed by atoms with van der Waals surface area (Å²) < 4.78 is 5.56. The molecule has 0 amide bonds. The van der Waals surface area contributed by atoms with Crippen LogP contribution in [-0.2, 0) is 13.1 Å². The molecule has 4 rings (SSSR count). The number of furan rings is 1. The zero-order chi connectivity index (χ0) is 22.7. The molecule has 0 aliphatic heterocycles. The van der Waals surface area contributed by atoms with E-state index < -0.39 is 0 Å². The first-order valence-corrected chi connectivity index (χ1v) is 11.1. The fourth-order valence-electron chi connectivity index (χ4n) is 3.74. The summed E-state index contributed by atoms with van der Waals surface area (Å²) in [5.74, 6) is 0.783. The number of H-pyrrole nitrogens is 1. The fraction of sp³-hybridized carbons (Fsp3) is 0.231. The molecule has 0 aliphatic rings. The van der Waals surface area contributed by atoms with Crippen LogP contribution in [0.25, 0.3) is 10.9 Å². The predicted molar refractivity (Wildman–Crippen MR) is 133 cm³/mol. The van der Waals surface area contributed by atoms with Gasteiger partial charge >= 0.3 is 0 Å². The van der Waals surface area contributed by atoms with Crippen LogP contribution >= 0.6 is 12.2 Å². The van der Waals surface area contributed by atoms with Crippen molar-refractivity contribution in [3.8, 4) is 0 Å². The first kappa shape index (κ1) is 21.8. The second kappa shape index (κ2) is 9.40. The summed E-state index contributed by atoms with van der Waals surface area (Å²) >= 11 is 5.76. The highest BCUT2D eigenvalue weighted by atomic mass is 32.1. The summed E-state index contributed by atoms with van der Waals surface area (Å²) in [6.45, 7) is 7.02. The Bertz CT molecular complexity index is 1280. The van der Waals surface area contributed by atoms with E-state index in [0.717, 1.165) is 27.8 Å². The Hall–Kier alpha value is -3.38. The minimum Gasteiger partial charge on any atom is -0.467 e. The molecule has 2 aromatic carbocycles. The third kappa shape index (κ3) is 4.92. The minimum absolute atomic E-state index is 0.0308. The molecule has 0 spiro atoms. The normalized spacial score (nSPS) is 12.0. The highest BCUT2D eigenvalue weighted by Gasteiger charge is 2.17. The number of hydrogen-bond donors (Lipinski definition) is 2. The molecule has 0 bridgehead atoms. The van der Waals surface area contributed by atoms with Crippen LogP contribution < -0.4 is 10.9 Å². The number of rotatable bonds is 6. The van der Waals surface area contributed by atoms with Gasteiger partial charge in [-0.3, -0.25) is 4.79 Å². The molecule has 32 heavy (non-hydrogen) atoms. The van der Waals surface area contributed by atoms with E-state index >= 15 is 0 Å². The average Bonchev–Trinajstić information content (AvgIpc) is 3.29. The molecule has 2 aromatic heterocycles. The van der Waals surface area contributed by atoms with Gasteiger partial charge in [0.25, 0.3) is 5.56 Å². The van der Waals surface area contributed by atoms with Crippen molar-refractivity contribution in [3.05, 3.63) is 105 Å². The molecule has 0 fully saturated rings. The van der Waals surface area contributed by atoms with Gasteiger partial charge in [0.15, 0.2) is 5.11 Å². The SMILES string of the molecule is Cc1cc2cc(CN(Cc3ccco3)C(=S)N[C@@H](C)c3ccccc3)c(=O)[nH]c2cc1C. The van der Waals surface area contributed by atoms with E-state index in [2.05, 4.69) is 42.3 Å². The summed E-state index contributed by atoms with van der Waals surface area (Å²) in [6.07, 6.45) is 1.64. The number of nitrogens with one attached hydrogen (secondary N) is 2. The van der Waals surface area contributed by atoms with Crippen molar-refractivity contribution in [2.45, 2.75) is 39.9 Å². The standard InChI is InChI=1S/C26H27N3O2S/c1-17-12-21-14-22(25(30)28-24(21)13-18(17)2)15-29(16-23-10-7-11-31-23)26(32)27-19(3)20-8-5-4-6-9-20/h4-14,19H,15-16H2,1-3H3,(H,27,32)(H,28,30)/t19-/m0/s1. The van der Waals surface area contributed by atoms with Crippen molar-refractivity contribution < 1.29 is 4.42 Å². The lowest BCUT2D eigenvalue weighted by Gasteiger charge is -2.27. The van der Waals surface area contributed by atoms with E-state index in [1.807, 2.05) is 54.3 Å². The monoisotopic (exact) mass is 445 g/mol. The Kier molecular flexibility index (Phi) is 6.42. The molecule has 1 atom stereocenters. The Morgan fingerprint density at radius 3 is 2.53 bits per heavy atom. The first-order chi connectivity index (χ1) is 15.4. The van der Waals surface area contributed by atoms with Gasteiger partial charge in [0.1, 0.15) is 5.76 Å². The van der Waals surface area contributed by atoms with Crippen molar-refractivity contribution in [1.82, 2.24) is 15.2 Å². The lowest BCUT2D eigenvalue weighted by molar-refractivity contribution is 0.347. The van der Waals surface area contributed by atoms with Gasteiger partial charge in [0.05, 0.1) is 25.4 Å². The number of thiocarbonyl (C=S) groups is 1. The largest absolute Gasteiger partial charge is 0.467 e. The molecule has 2 N–H and O–H groups in total. The van der Waals surface area contributed by atoms with Gasteiger partial charge in [-0.15, -0.1) is 0 Å². The molecule has 0 saturated heterocycles. The summed E-state index contributed by atoms with van der Waals surface area (Å²) in [5, 5.41) is 4.98. The van der Waals surface area contributed by atoms with Crippen LogP contribution in [0.1, 0.15) is 41.0 Å². The van der Waals surface area contributed by atoms with E-state index in [4.69, 9.17) is 16.6 Å². The Balaban J connectivity index is 1.62. The van der Waals surface area contributed by atoms with E-state index in [1.54, 1.807) is 6.26 Å². The molecule has 4 aromatic rings. The van der Waals surface area contributed by atoms with Gasteiger partial charge in [-0.25, -0.2) is 0 Å². The van der Waals surface area contributed by atoms with Crippen LogP contribution in [0.5, 0.6) is 0 Å². The third-order valence-electron chi connectivity index (χ3n) is 5.75. The van der Waals surface area contributed by atoms with Gasteiger partial charge in [-0.05, 0) is 85.4 Å². The average molecular weight is 446 g/mol. The van der Waals surface area contributed by atoms with Crippen molar-refractivity contribution in [1.29, 1.82) is 0 Å². The first-order valence-electron chi connectivity index (χ1n) is 10.7. The molecule has 2 heterocycles. The Labute approximate surface area is 193 Å². The number of nitrogens with zero attached hydrogens (tertiary/aromatic N) is 1. The maximum absolute atomic E-state index is 12.9. The van der Waals surface area contributed by atoms with Gasteiger partial charge in [-0.1, -0.05) is 30.3 Å². The number of benzene rings is 2. The van der Waals surface area contributed by atoms with Crippen molar-refractivity contribution in [2.75, 3.05) is 0 Å². The van der Waals surface area contributed by atoms with E-state index in [0.29, 0.717) is 23.8 Å². The predicted octanol–water partition coefficient (Wildman–Crippen LogP) is 5.38. The second-order valence-corrected chi connectivity index (χ2v) is 8.55. The third-order valence-corrected chi connectivity index (χ3v) is 6.13. The zero-order valence-corrected chi connectivity index (χ0v) is 19.3. The molecule has 0 radical (unpaired) electrons. The Morgan fingerprint density at radius 2 is 1.81 bits per heavy atom. The van der Waals surface area contributed by atoms with Crippen molar-refractivity contribution in [3.63, 3.8) is 0 Å². The zero-order valence-electron chi connectivity index (χ0n) is 18.5.